The molecule has 1 aliphatic carbocycles. The van der Waals surface area contributed by atoms with Crippen LogP contribution >= 0.6 is 0 Å². The molecule has 1 saturated carbocycles. The molecule has 2 rings (SSSR count). The SMILES string of the molecule is CC1(C)CCCC(NCCc2ccccc2[N+](=O)[O-])C1. The summed E-state index contributed by atoms with van der Waals surface area (Å²) < 4.78 is 0. The van der Waals surface area contributed by atoms with E-state index in [4.69, 9.17) is 0 Å². The van der Waals surface area contributed by atoms with E-state index in [9.17, 15) is 10.1 Å². The highest BCUT2D eigenvalue weighted by atomic mass is 16.6. The molecule has 110 valence electrons. The van der Waals surface area contributed by atoms with Crippen molar-refractivity contribution in [3.63, 3.8) is 0 Å². The number of benzene rings is 1. The minimum atomic E-state index is -0.293. The summed E-state index contributed by atoms with van der Waals surface area (Å²) >= 11 is 0. The van der Waals surface area contributed by atoms with Crippen LogP contribution < -0.4 is 5.32 Å². The first-order chi connectivity index (χ1) is 9.48. The number of para-hydroxylation sites is 1. The van der Waals surface area contributed by atoms with Gasteiger partial charge in [0.05, 0.1) is 4.92 Å². The van der Waals surface area contributed by atoms with E-state index < -0.39 is 0 Å². The van der Waals surface area contributed by atoms with Crippen LogP contribution in [0.1, 0.15) is 45.1 Å². The van der Waals surface area contributed by atoms with Crippen LogP contribution in [0, 0.1) is 15.5 Å². The van der Waals surface area contributed by atoms with Crippen LogP contribution in [0.15, 0.2) is 24.3 Å². The predicted molar refractivity (Wildman–Crippen MR) is 80.8 cm³/mol. The zero-order chi connectivity index (χ0) is 14.6. The van der Waals surface area contributed by atoms with E-state index in [2.05, 4.69) is 19.2 Å². The van der Waals surface area contributed by atoms with Crippen molar-refractivity contribution in [2.45, 2.75) is 52.0 Å². The largest absolute Gasteiger partial charge is 0.314 e. The van der Waals surface area contributed by atoms with E-state index in [1.54, 1.807) is 12.1 Å². The second-order valence-electron chi connectivity index (χ2n) is 6.55. The Balaban J connectivity index is 1.86. The fourth-order valence-electron chi connectivity index (χ4n) is 3.18. The van der Waals surface area contributed by atoms with Crippen LogP contribution in [0.25, 0.3) is 0 Å². The van der Waals surface area contributed by atoms with Crippen LogP contribution in [-0.2, 0) is 6.42 Å². The number of hydrogen-bond acceptors (Lipinski definition) is 3. The Kier molecular flexibility index (Phi) is 4.76. The molecular weight excluding hydrogens is 252 g/mol. The third-order valence-electron chi connectivity index (χ3n) is 4.22. The molecular formula is C16H24N2O2. The fourth-order valence-corrected chi connectivity index (χ4v) is 3.18. The first-order valence-electron chi connectivity index (χ1n) is 7.44. The number of nitro groups is 1. The summed E-state index contributed by atoms with van der Waals surface area (Å²) in [4.78, 5) is 10.7. The number of nitrogens with zero attached hydrogens (tertiary/aromatic N) is 1. The molecule has 0 aliphatic heterocycles. The Labute approximate surface area is 120 Å². The van der Waals surface area contributed by atoms with Crippen molar-refractivity contribution in [2.75, 3.05) is 6.54 Å². The van der Waals surface area contributed by atoms with Gasteiger partial charge in [0.2, 0.25) is 0 Å². The Hall–Kier alpha value is -1.42. The molecule has 1 N–H and O–H groups in total. The van der Waals surface area contributed by atoms with Gasteiger partial charge in [-0.05, 0) is 37.6 Å². The molecule has 1 aliphatic rings. The van der Waals surface area contributed by atoms with Gasteiger partial charge in [-0.2, -0.15) is 0 Å². The summed E-state index contributed by atoms with van der Waals surface area (Å²) in [6.07, 6.45) is 5.71. The second-order valence-corrected chi connectivity index (χ2v) is 6.55. The van der Waals surface area contributed by atoms with Gasteiger partial charge in [0.15, 0.2) is 0 Å². The van der Waals surface area contributed by atoms with Crippen molar-refractivity contribution in [1.82, 2.24) is 5.32 Å². The van der Waals surface area contributed by atoms with Gasteiger partial charge in [0, 0.05) is 17.7 Å². The van der Waals surface area contributed by atoms with Crippen molar-refractivity contribution in [3.05, 3.63) is 39.9 Å². The Morgan fingerprint density at radius 2 is 2.15 bits per heavy atom. The molecule has 1 unspecified atom stereocenters. The molecule has 1 aromatic rings. The average molecular weight is 276 g/mol. The van der Waals surface area contributed by atoms with E-state index in [1.165, 1.54) is 25.7 Å². The molecule has 0 aromatic heterocycles. The molecule has 20 heavy (non-hydrogen) atoms. The Morgan fingerprint density at radius 1 is 1.40 bits per heavy atom. The first-order valence-corrected chi connectivity index (χ1v) is 7.44. The van der Waals surface area contributed by atoms with Gasteiger partial charge in [0.1, 0.15) is 0 Å². The van der Waals surface area contributed by atoms with Crippen molar-refractivity contribution >= 4 is 5.69 Å². The van der Waals surface area contributed by atoms with E-state index in [0.717, 1.165) is 12.1 Å². The van der Waals surface area contributed by atoms with E-state index >= 15 is 0 Å². The highest BCUT2D eigenvalue weighted by molar-refractivity contribution is 5.39. The van der Waals surface area contributed by atoms with Gasteiger partial charge in [-0.1, -0.05) is 38.5 Å². The minimum absolute atomic E-state index is 0.235. The van der Waals surface area contributed by atoms with Crippen molar-refractivity contribution in [2.24, 2.45) is 5.41 Å². The van der Waals surface area contributed by atoms with Crippen LogP contribution in [0.4, 0.5) is 5.69 Å². The fraction of sp³-hybridized carbons (Fsp3) is 0.625. The summed E-state index contributed by atoms with van der Waals surface area (Å²) in [5, 5.41) is 14.5. The first kappa shape index (κ1) is 15.0. The monoisotopic (exact) mass is 276 g/mol. The highest BCUT2D eigenvalue weighted by Gasteiger charge is 2.27. The maximum absolute atomic E-state index is 11.0. The van der Waals surface area contributed by atoms with Crippen molar-refractivity contribution in [1.29, 1.82) is 0 Å². The van der Waals surface area contributed by atoms with Crippen LogP contribution in [0.2, 0.25) is 0 Å². The quantitative estimate of drug-likeness (QED) is 0.659. The molecule has 0 saturated heterocycles. The van der Waals surface area contributed by atoms with Crippen LogP contribution in [0.5, 0.6) is 0 Å². The minimum Gasteiger partial charge on any atom is -0.314 e. The second kappa shape index (κ2) is 6.35. The predicted octanol–water partition coefficient (Wildman–Crippen LogP) is 3.70. The highest BCUT2D eigenvalue weighted by Crippen LogP contribution is 2.35. The normalized spacial score (nSPS) is 21.6. The van der Waals surface area contributed by atoms with Gasteiger partial charge in [-0.3, -0.25) is 10.1 Å². The van der Waals surface area contributed by atoms with Crippen molar-refractivity contribution in [3.8, 4) is 0 Å². The lowest BCUT2D eigenvalue weighted by Crippen LogP contribution is -2.38. The van der Waals surface area contributed by atoms with E-state index in [1.807, 2.05) is 12.1 Å². The zero-order valence-corrected chi connectivity index (χ0v) is 12.4. The van der Waals surface area contributed by atoms with Crippen molar-refractivity contribution < 1.29 is 4.92 Å². The maximum atomic E-state index is 11.0. The summed E-state index contributed by atoms with van der Waals surface area (Å²) in [6.45, 7) is 5.46. The summed E-state index contributed by atoms with van der Waals surface area (Å²) in [5.74, 6) is 0. The molecule has 0 spiro atoms. The Morgan fingerprint density at radius 3 is 2.85 bits per heavy atom. The van der Waals surface area contributed by atoms with Gasteiger partial charge in [-0.15, -0.1) is 0 Å². The third-order valence-corrected chi connectivity index (χ3v) is 4.22. The van der Waals surface area contributed by atoms with Gasteiger partial charge >= 0.3 is 0 Å². The molecule has 1 aromatic carbocycles. The smallest absolute Gasteiger partial charge is 0.272 e. The number of hydrogen-bond donors (Lipinski definition) is 1. The van der Waals surface area contributed by atoms with Crippen LogP contribution in [0.3, 0.4) is 0 Å². The molecule has 1 atom stereocenters. The molecule has 0 radical (unpaired) electrons. The summed E-state index contributed by atoms with van der Waals surface area (Å²) in [6, 6.07) is 7.58. The van der Waals surface area contributed by atoms with E-state index in [-0.39, 0.29) is 10.6 Å². The number of nitro benzene ring substituents is 1. The topological polar surface area (TPSA) is 55.2 Å². The lowest BCUT2D eigenvalue weighted by atomic mass is 9.75. The van der Waals surface area contributed by atoms with Gasteiger partial charge < -0.3 is 5.32 Å². The summed E-state index contributed by atoms with van der Waals surface area (Å²) in [5.41, 5.74) is 1.48. The molecule has 0 amide bonds. The van der Waals surface area contributed by atoms with E-state index in [0.29, 0.717) is 17.9 Å². The van der Waals surface area contributed by atoms with Gasteiger partial charge in [-0.25, -0.2) is 0 Å². The summed E-state index contributed by atoms with van der Waals surface area (Å²) in [7, 11) is 0. The average Bonchev–Trinajstić information content (AvgIpc) is 2.38. The molecule has 4 heteroatoms. The molecule has 4 nitrogen and oxygen atoms in total. The number of rotatable bonds is 5. The van der Waals surface area contributed by atoms with Gasteiger partial charge in [0.25, 0.3) is 5.69 Å². The molecule has 0 bridgehead atoms. The lowest BCUT2D eigenvalue weighted by molar-refractivity contribution is -0.385. The molecule has 0 heterocycles. The van der Waals surface area contributed by atoms with Crippen LogP contribution in [-0.4, -0.2) is 17.5 Å². The number of nitrogens with one attached hydrogen (secondary N) is 1. The standard InChI is InChI=1S/C16H24N2O2/c1-16(2)10-5-7-14(12-16)17-11-9-13-6-3-4-8-15(13)18(19)20/h3-4,6,8,14,17H,5,7,9-12H2,1-2H3. The zero-order valence-electron chi connectivity index (χ0n) is 12.4. The third kappa shape index (κ3) is 4.04. The molecule has 1 fully saturated rings. The Bertz CT molecular complexity index is 471. The lowest BCUT2D eigenvalue weighted by Gasteiger charge is -2.35. The maximum Gasteiger partial charge on any atom is 0.272 e.